The zero-order valence-electron chi connectivity index (χ0n) is 5.52. The van der Waals surface area contributed by atoms with Crippen LogP contribution < -0.4 is 5.14 Å². The summed E-state index contributed by atoms with van der Waals surface area (Å²) in [5, 5.41) is 3.56. The van der Waals surface area contributed by atoms with Crippen LogP contribution in [0.15, 0.2) is 0 Å². The van der Waals surface area contributed by atoms with E-state index in [9.17, 15) is 4.79 Å². The molecule has 0 unspecified atom stereocenters. The van der Waals surface area contributed by atoms with Gasteiger partial charge in [-0.3, -0.25) is 9.93 Å². The average Bonchev–Trinajstić information content (AvgIpc) is 1.62. The van der Waals surface area contributed by atoms with Crippen LogP contribution in [0.4, 0.5) is 0 Å². The highest BCUT2D eigenvalue weighted by molar-refractivity contribution is 8.07. The summed E-state index contributed by atoms with van der Waals surface area (Å²) in [5.41, 5.74) is -0.230. The van der Waals surface area contributed by atoms with E-state index in [1.54, 1.807) is 0 Å². The van der Waals surface area contributed by atoms with Crippen LogP contribution in [0.1, 0.15) is 20.8 Å². The normalized spacial score (nSPS) is 11.5. The Hall–Kier alpha value is -0.0200. The van der Waals surface area contributed by atoms with Gasteiger partial charge in [0.2, 0.25) is 0 Å². The van der Waals surface area contributed by atoms with Crippen molar-refractivity contribution in [1.82, 2.24) is 0 Å². The van der Waals surface area contributed by atoms with Crippen LogP contribution in [-0.4, -0.2) is 5.12 Å². The molecule has 8 heavy (non-hydrogen) atoms. The molecule has 0 aliphatic carbocycles. The molecular formula is C5H12NOS+. The summed E-state index contributed by atoms with van der Waals surface area (Å²) in [6.45, 7) is 5.65. The Morgan fingerprint density at radius 2 is 1.88 bits per heavy atom. The van der Waals surface area contributed by atoms with E-state index in [0.717, 1.165) is 11.9 Å². The van der Waals surface area contributed by atoms with Crippen LogP contribution in [0.3, 0.4) is 0 Å². The van der Waals surface area contributed by atoms with Gasteiger partial charge >= 0.3 is 0 Å². The van der Waals surface area contributed by atoms with Gasteiger partial charge in [0.15, 0.2) is 0 Å². The maximum Gasteiger partial charge on any atom is 0.251 e. The SMILES string of the molecule is CC(C)(C)C(=O)S[NH3+]. The van der Waals surface area contributed by atoms with Crippen LogP contribution in [0.25, 0.3) is 0 Å². The quantitative estimate of drug-likeness (QED) is 0.489. The van der Waals surface area contributed by atoms with Crippen molar-refractivity contribution in [2.75, 3.05) is 0 Å². The second-order valence-electron chi connectivity index (χ2n) is 2.68. The molecule has 3 heteroatoms. The fourth-order valence-corrected chi connectivity index (χ4v) is 0.650. The Labute approximate surface area is 54.0 Å². The molecule has 0 aliphatic heterocycles. The lowest BCUT2D eigenvalue weighted by Crippen LogP contribution is -2.41. The summed E-state index contributed by atoms with van der Waals surface area (Å²) in [6.07, 6.45) is 0. The van der Waals surface area contributed by atoms with Crippen molar-refractivity contribution < 1.29 is 9.93 Å². The molecule has 0 heterocycles. The highest BCUT2D eigenvalue weighted by Gasteiger charge is 2.22. The molecule has 3 N–H and O–H groups in total. The molecular weight excluding hydrogens is 122 g/mol. The van der Waals surface area contributed by atoms with Crippen molar-refractivity contribution in [2.24, 2.45) is 5.41 Å². The Morgan fingerprint density at radius 3 is 1.88 bits per heavy atom. The van der Waals surface area contributed by atoms with Crippen molar-refractivity contribution in [3.63, 3.8) is 0 Å². The third-order valence-electron chi connectivity index (χ3n) is 0.743. The van der Waals surface area contributed by atoms with E-state index < -0.39 is 0 Å². The third kappa shape index (κ3) is 2.33. The predicted octanol–water partition coefficient (Wildman–Crippen LogP) is 0.449. The molecule has 2 nitrogen and oxygen atoms in total. The van der Waals surface area contributed by atoms with Gasteiger partial charge in [0.05, 0.1) is 0 Å². The van der Waals surface area contributed by atoms with Gasteiger partial charge in [0, 0.05) is 5.41 Å². The van der Waals surface area contributed by atoms with Crippen molar-refractivity contribution >= 4 is 17.1 Å². The van der Waals surface area contributed by atoms with Crippen molar-refractivity contribution in [1.29, 1.82) is 0 Å². The van der Waals surface area contributed by atoms with E-state index in [1.165, 1.54) is 0 Å². The summed E-state index contributed by atoms with van der Waals surface area (Å²) in [6, 6.07) is 0. The topological polar surface area (TPSA) is 44.7 Å². The van der Waals surface area contributed by atoms with Crippen LogP contribution in [0.5, 0.6) is 0 Å². The number of rotatable bonds is 0. The van der Waals surface area contributed by atoms with Gasteiger partial charge in [0.25, 0.3) is 5.12 Å². The summed E-state index contributed by atoms with van der Waals surface area (Å²) >= 11 is 1.04. The first-order chi connectivity index (χ1) is 3.48. The van der Waals surface area contributed by atoms with Crippen LogP contribution >= 0.6 is 11.9 Å². The zero-order valence-corrected chi connectivity index (χ0v) is 6.34. The van der Waals surface area contributed by atoms with Gasteiger partial charge in [0.1, 0.15) is 11.9 Å². The predicted molar refractivity (Wildman–Crippen MR) is 34.9 cm³/mol. The molecule has 0 fully saturated rings. The summed E-state index contributed by atoms with van der Waals surface area (Å²) in [5.74, 6) is 0. The first-order valence-corrected chi connectivity index (χ1v) is 3.43. The van der Waals surface area contributed by atoms with E-state index in [2.05, 4.69) is 5.14 Å². The number of carbonyl (C=O) groups excluding carboxylic acids is 1. The van der Waals surface area contributed by atoms with Gasteiger partial charge in [-0.15, -0.1) is 0 Å². The third-order valence-corrected chi connectivity index (χ3v) is 1.62. The van der Waals surface area contributed by atoms with Crippen molar-refractivity contribution in [3.05, 3.63) is 0 Å². The molecule has 0 aliphatic rings. The molecule has 0 aromatic carbocycles. The molecule has 0 radical (unpaired) electrons. The smallest absolute Gasteiger partial charge is 0.251 e. The van der Waals surface area contributed by atoms with Gasteiger partial charge in [-0.25, -0.2) is 0 Å². The first-order valence-electron chi connectivity index (χ1n) is 2.45. The van der Waals surface area contributed by atoms with Crippen molar-refractivity contribution in [2.45, 2.75) is 20.8 Å². The van der Waals surface area contributed by atoms with Crippen LogP contribution in [0.2, 0.25) is 0 Å². The summed E-state index contributed by atoms with van der Waals surface area (Å²) in [7, 11) is 0. The van der Waals surface area contributed by atoms with E-state index >= 15 is 0 Å². The molecule has 0 aromatic heterocycles. The maximum atomic E-state index is 10.7. The number of hydrogen-bond acceptors (Lipinski definition) is 2. The van der Waals surface area contributed by atoms with E-state index in [0.29, 0.717) is 0 Å². The largest absolute Gasteiger partial charge is 0.289 e. The maximum absolute atomic E-state index is 10.7. The standard InChI is InChI=1S/C5H11NOS/c1-5(2,3)4(7)8-6/h6H2,1-3H3/p+1. The highest BCUT2D eigenvalue weighted by Crippen LogP contribution is 2.17. The molecule has 0 bridgehead atoms. The fraction of sp³-hybridized carbons (Fsp3) is 0.800. The molecule has 0 spiro atoms. The number of carbonyl (C=O) groups is 1. The van der Waals surface area contributed by atoms with Gasteiger partial charge in [-0.05, 0) is 0 Å². The van der Waals surface area contributed by atoms with Crippen LogP contribution in [0, 0.1) is 5.41 Å². The molecule has 0 saturated carbocycles. The summed E-state index contributed by atoms with van der Waals surface area (Å²) < 4.78 is 0. The monoisotopic (exact) mass is 134 g/mol. The number of hydrogen-bond donors (Lipinski definition) is 1. The number of quaternary nitrogens is 1. The van der Waals surface area contributed by atoms with E-state index in [1.807, 2.05) is 20.8 Å². The Kier molecular flexibility index (Phi) is 2.50. The van der Waals surface area contributed by atoms with Crippen molar-refractivity contribution in [3.8, 4) is 0 Å². The lowest BCUT2D eigenvalue weighted by Gasteiger charge is -2.10. The Bertz CT molecular complexity index is 95.1. The molecule has 0 amide bonds. The summed E-state index contributed by atoms with van der Waals surface area (Å²) in [4.78, 5) is 10.7. The molecule has 0 atom stereocenters. The lowest BCUT2D eigenvalue weighted by molar-refractivity contribution is -0.148. The second kappa shape index (κ2) is 2.51. The first kappa shape index (κ1) is 7.98. The minimum absolute atomic E-state index is 0.137. The minimum atomic E-state index is -0.230. The molecule has 0 saturated heterocycles. The Balaban J connectivity index is 3.82. The Morgan fingerprint density at radius 1 is 1.50 bits per heavy atom. The fourth-order valence-electron chi connectivity index (χ4n) is 0.217. The van der Waals surface area contributed by atoms with E-state index in [-0.39, 0.29) is 10.5 Å². The van der Waals surface area contributed by atoms with Crippen LogP contribution in [-0.2, 0) is 4.79 Å². The second-order valence-corrected chi connectivity index (χ2v) is 3.34. The highest BCUT2D eigenvalue weighted by atomic mass is 32.2. The van der Waals surface area contributed by atoms with E-state index in [4.69, 9.17) is 0 Å². The molecule has 0 aromatic rings. The molecule has 48 valence electrons. The zero-order chi connectivity index (χ0) is 6.78. The van der Waals surface area contributed by atoms with Gasteiger partial charge < -0.3 is 0 Å². The lowest BCUT2D eigenvalue weighted by atomic mass is 10.00. The van der Waals surface area contributed by atoms with Gasteiger partial charge in [-0.1, -0.05) is 20.8 Å². The minimum Gasteiger partial charge on any atom is -0.289 e. The average molecular weight is 134 g/mol. The molecule has 0 rings (SSSR count). The van der Waals surface area contributed by atoms with Gasteiger partial charge in [-0.2, -0.15) is 0 Å².